The Balaban J connectivity index is 1.19. The molecule has 0 N–H and O–H groups in total. The van der Waals surface area contributed by atoms with Gasteiger partial charge in [0.2, 0.25) is 5.69 Å². The number of hydrogen-bond acceptors (Lipinski definition) is 4. The van der Waals surface area contributed by atoms with E-state index < -0.39 is 0 Å². The first-order valence-corrected chi connectivity index (χ1v) is 26.6. The zero-order chi connectivity index (χ0) is 49.5. The summed E-state index contributed by atoms with van der Waals surface area (Å²) in [5, 5.41) is 23.1. The van der Waals surface area contributed by atoms with Gasteiger partial charge in [0.05, 0.1) is 55.0 Å². The third kappa shape index (κ3) is 5.74. The number of furan rings is 1. The van der Waals surface area contributed by atoms with E-state index in [1.54, 1.807) is 22.7 Å². The molecule has 5 nitrogen and oxygen atoms in total. The highest BCUT2D eigenvalue weighted by atomic mass is 32.1. The molecule has 0 saturated carbocycles. The second kappa shape index (κ2) is 15.9. The number of fused-ring (bicyclic) bond motifs is 18. The third-order valence-electron chi connectivity index (χ3n) is 15.4. The highest BCUT2D eigenvalue weighted by Gasteiger charge is 2.34. The molecule has 11 aromatic carbocycles. The van der Waals surface area contributed by atoms with E-state index >= 15 is 0 Å². The fourth-order valence-electron chi connectivity index (χ4n) is 12.3. The number of hydrogen-bond donors (Lipinski definition) is 0. The van der Waals surface area contributed by atoms with Crippen molar-refractivity contribution >= 4 is 134 Å². The Hall–Kier alpha value is -9.76. The lowest BCUT2D eigenvalue weighted by molar-refractivity contribution is 0.671. The molecule has 0 radical (unpaired) electrons. The van der Waals surface area contributed by atoms with Crippen LogP contribution in [0.5, 0.6) is 0 Å². The van der Waals surface area contributed by atoms with Crippen LogP contribution in [0.15, 0.2) is 223 Å². The molecule has 0 aliphatic heterocycles. The minimum Gasteiger partial charge on any atom is -0.454 e. The van der Waals surface area contributed by atoms with E-state index in [0.29, 0.717) is 28.2 Å². The molecule has 0 saturated heterocycles. The first kappa shape index (κ1) is 41.8. The molecule has 0 fully saturated rings. The largest absolute Gasteiger partial charge is 0.454 e. The van der Waals surface area contributed by atoms with Gasteiger partial charge in [-0.3, -0.25) is 0 Å². The molecule has 0 aliphatic rings. The van der Waals surface area contributed by atoms with Crippen LogP contribution in [0, 0.1) is 17.9 Å². The Morgan fingerprint density at radius 1 is 0.427 bits per heavy atom. The van der Waals surface area contributed by atoms with Crippen molar-refractivity contribution in [2.75, 3.05) is 0 Å². The van der Waals surface area contributed by atoms with E-state index in [1.165, 1.54) is 25.7 Å². The maximum absolute atomic E-state index is 12.2. The van der Waals surface area contributed by atoms with Crippen molar-refractivity contribution in [1.29, 1.82) is 5.26 Å². The average molecular weight is 989 g/mol. The minimum absolute atomic E-state index is 0.380. The van der Waals surface area contributed by atoms with Gasteiger partial charge >= 0.3 is 0 Å². The highest BCUT2D eigenvalue weighted by Crippen LogP contribution is 2.55. The van der Waals surface area contributed by atoms with Crippen LogP contribution in [-0.2, 0) is 0 Å². The Kier molecular flexibility index (Phi) is 8.85. The van der Waals surface area contributed by atoms with Gasteiger partial charge in [-0.25, -0.2) is 4.85 Å². The van der Waals surface area contributed by atoms with E-state index in [1.807, 2.05) is 48.5 Å². The molecule has 0 amide bonds. The predicted octanol–water partition coefficient (Wildman–Crippen LogP) is 19.9. The number of aromatic nitrogens is 2. The Bertz CT molecular complexity index is 5070. The first-order valence-electron chi connectivity index (χ1n) is 24.9. The smallest absolute Gasteiger partial charge is 0.220 e. The number of benzene rings is 11. The summed E-state index contributed by atoms with van der Waals surface area (Å²) in [6.07, 6.45) is 0. The second-order valence-corrected chi connectivity index (χ2v) is 21.3. The van der Waals surface area contributed by atoms with E-state index in [0.717, 1.165) is 108 Å². The van der Waals surface area contributed by atoms with Crippen LogP contribution in [-0.4, -0.2) is 9.13 Å². The Morgan fingerprint density at radius 3 is 1.72 bits per heavy atom. The molecule has 346 valence electrons. The molecule has 0 bridgehead atoms. The summed E-state index contributed by atoms with van der Waals surface area (Å²) in [5.41, 5.74) is 12.9. The molecule has 7 heteroatoms. The fourth-order valence-corrected chi connectivity index (χ4v) is 14.8. The third-order valence-corrected chi connectivity index (χ3v) is 17.7. The van der Waals surface area contributed by atoms with Gasteiger partial charge < -0.3 is 13.6 Å². The summed E-state index contributed by atoms with van der Waals surface area (Å²) in [5.74, 6) is 0. The number of nitriles is 1. The SMILES string of the molecule is [C-]#[N+]c1c(-c2ccccc2)c(C#N)c(-n2c3ccccc3c3ccc4c(sc5cccc(-c6ccccc6)c54)c32)c(-c2ccccc2)c1-n1c2c(ccc3c4ccccc4oc32)c2ccc3c4ccccc4sc3c21. The molecule has 5 heterocycles. The van der Waals surface area contributed by atoms with Crippen molar-refractivity contribution in [3.8, 4) is 50.8 Å². The van der Waals surface area contributed by atoms with Gasteiger partial charge in [-0.1, -0.05) is 188 Å². The van der Waals surface area contributed by atoms with Crippen LogP contribution in [0.3, 0.4) is 0 Å². The first-order chi connectivity index (χ1) is 37.2. The molecule has 0 spiro atoms. The number of thiophene rings is 2. The van der Waals surface area contributed by atoms with Gasteiger partial charge in [-0.05, 0) is 52.6 Å². The maximum atomic E-state index is 12.2. The number of nitrogens with zero attached hydrogens (tertiary/aromatic N) is 4. The molecule has 0 atom stereocenters. The van der Waals surface area contributed by atoms with Crippen LogP contribution in [0.2, 0.25) is 0 Å². The van der Waals surface area contributed by atoms with Crippen molar-refractivity contribution in [2.45, 2.75) is 0 Å². The van der Waals surface area contributed by atoms with Gasteiger partial charge in [0.25, 0.3) is 0 Å². The van der Waals surface area contributed by atoms with Gasteiger partial charge in [-0.15, -0.1) is 22.7 Å². The van der Waals surface area contributed by atoms with Crippen LogP contribution in [0.1, 0.15) is 5.56 Å². The van der Waals surface area contributed by atoms with Crippen molar-refractivity contribution in [2.24, 2.45) is 0 Å². The summed E-state index contributed by atoms with van der Waals surface area (Å²) in [7, 11) is 0. The zero-order valence-electron chi connectivity index (χ0n) is 39.8. The van der Waals surface area contributed by atoms with Crippen molar-refractivity contribution in [3.05, 3.63) is 235 Å². The molecule has 0 unspecified atom stereocenters. The van der Waals surface area contributed by atoms with Gasteiger partial charge in [0.15, 0.2) is 5.58 Å². The maximum Gasteiger partial charge on any atom is 0.220 e. The standard InChI is InChI=1S/C68H36N4OS2/c1-70-60-57(40-20-7-3-8-21-40)52(38-69)61(71-53-28-14-11-24-43(53)46-34-37-51-59-42(39-18-5-2-6-19-39)27-17-31-56(59)75-68(51)63(46)71)58(41-22-9-4-10-23-41)65(60)72-62-47(32-35-49-44-25-12-15-29-54(44)73-66(49)62)48-33-36-50-45-26-13-16-30-55(45)74-67(50)64(48)72/h2-37H. The molecular formula is C68H36N4OS2. The predicted molar refractivity (Wildman–Crippen MR) is 315 cm³/mol. The van der Waals surface area contributed by atoms with Crippen LogP contribution in [0.25, 0.3) is 155 Å². The summed E-state index contributed by atoms with van der Waals surface area (Å²) >= 11 is 3.56. The highest BCUT2D eigenvalue weighted by molar-refractivity contribution is 7.27. The lowest BCUT2D eigenvalue weighted by atomic mass is 9.88. The average Bonchev–Trinajstić information content (AvgIpc) is 4.46. The van der Waals surface area contributed by atoms with Gasteiger partial charge in [-0.2, -0.15) is 5.26 Å². The second-order valence-electron chi connectivity index (χ2n) is 19.2. The quantitative estimate of drug-likeness (QED) is 0.161. The van der Waals surface area contributed by atoms with Crippen molar-refractivity contribution in [1.82, 2.24) is 9.13 Å². The van der Waals surface area contributed by atoms with E-state index in [4.69, 9.17) is 4.42 Å². The summed E-state index contributed by atoms with van der Waals surface area (Å²) in [4.78, 5) is 4.66. The summed E-state index contributed by atoms with van der Waals surface area (Å²) in [6.45, 7) is 9.57. The van der Waals surface area contributed by atoms with E-state index in [-0.39, 0.29) is 0 Å². The molecular weight excluding hydrogens is 953 g/mol. The summed E-state index contributed by atoms with van der Waals surface area (Å²) in [6, 6.07) is 79.5. The number of para-hydroxylation sites is 2. The summed E-state index contributed by atoms with van der Waals surface area (Å²) < 4.78 is 16.4. The molecule has 75 heavy (non-hydrogen) atoms. The van der Waals surface area contributed by atoms with Gasteiger partial charge in [0, 0.05) is 74.4 Å². The molecule has 16 rings (SSSR count). The lowest BCUT2D eigenvalue weighted by Crippen LogP contribution is -2.09. The monoisotopic (exact) mass is 988 g/mol. The van der Waals surface area contributed by atoms with Crippen LogP contribution in [0.4, 0.5) is 5.69 Å². The zero-order valence-corrected chi connectivity index (χ0v) is 41.4. The van der Waals surface area contributed by atoms with Crippen molar-refractivity contribution < 1.29 is 4.42 Å². The van der Waals surface area contributed by atoms with E-state index in [2.05, 4.69) is 190 Å². The van der Waals surface area contributed by atoms with E-state index in [9.17, 15) is 11.8 Å². The normalized spacial score (nSPS) is 12.0. The Labute approximate surface area is 436 Å². The minimum atomic E-state index is 0.380. The van der Waals surface area contributed by atoms with Crippen LogP contribution >= 0.6 is 22.7 Å². The Morgan fingerprint density at radius 2 is 0.973 bits per heavy atom. The molecule has 5 aromatic heterocycles. The number of rotatable bonds is 5. The van der Waals surface area contributed by atoms with Gasteiger partial charge in [0.1, 0.15) is 11.7 Å². The topological polar surface area (TPSA) is 51.1 Å². The molecule has 0 aliphatic carbocycles. The molecule has 16 aromatic rings. The van der Waals surface area contributed by atoms with Crippen molar-refractivity contribution in [3.63, 3.8) is 0 Å². The van der Waals surface area contributed by atoms with Crippen LogP contribution < -0.4 is 0 Å². The fraction of sp³-hybridized carbons (Fsp3) is 0. The lowest BCUT2D eigenvalue weighted by Gasteiger charge is -2.26.